The number of carbonyl (C=O) groups excluding carboxylic acids is 1. The van der Waals surface area contributed by atoms with E-state index >= 15 is 0 Å². The van der Waals surface area contributed by atoms with Crippen LogP contribution in [0.3, 0.4) is 0 Å². The highest BCUT2D eigenvalue weighted by Gasteiger charge is 2.31. The van der Waals surface area contributed by atoms with Crippen molar-refractivity contribution in [1.82, 2.24) is 4.90 Å². The molecule has 0 N–H and O–H groups in total. The first-order valence-electron chi connectivity index (χ1n) is 9.52. The largest absolute Gasteiger partial charge is 0.486 e. The number of benzene rings is 2. The molecule has 1 fully saturated rings. The molecule has 144 valence electrons. The Morgan fingerprint density at radius 1 is 1.14 bits per heavy atom. The number of ether oxygens (including phenoxy) is 3. The van der Waals surface area contributed by atoms with Gasteiger partial charge in [-0.15, -0.1) is 0 Å². The summed E-state index contributed by atoms with van der Waals surface area (Å²) in [6, 6.07) is 15.3. The molecular formula is C22H22N2O4. The molecule has 0 bridgehead atoms. The van der Waals surface area contributed by atoms with Crippen molar-refractivity contribution in [2.75, 3.05) is 26.4 Å². The van der Waals surface area contributed by atoms with Gasteiger partial charge in [0.1, 0.15) is 19.0 Å². The van der Waals surface area contributed by atoms with Crippen molar-refractivity contribution in [1.29, 1.82) is 5.26 Å². The summed E-state index contributed by atoms with van der Waals surface area (Å²) in [6.45, 7) is 1.83. The first-order chi connectivity index (χ1) is 13.7. The van der Waals surface area contributed by atoms with E-state index in [0.29, 0.717) is 25.4 Å². The van der Waals surface area contributed by atoms with Crippen molar-refractivity contribution in [3.8, 4) is 23.3 Å². The van der Waals surface area contributed by atoms with Crippen molar-refractivity contribution >= 4 is 5.91 Å². The summed E-state index contributed by atoms with van der Waals surface area (Å²) in [5, 5.41) is 8.72. The molecule has 0 aromatic heterocycles. The number of hydrogen-bond acceptors (Lipinski definition) is 5. The van der Waals surface area contributed by atoms with Crippen LogP contribution in [0.4, 0.5) is 0 Å². The van der Waals surface area contributed by atoms with Crippen molar-refractivity contribution in [2.24, 2.45) is 0 Å². The van der Waals surface area contributed by atoms with Gasteiger partial charge >= 0.3 is 0 Å². The number of likely N-dealkylation sites (tertiary alicyclic amines) is 1. The molecule has 6 heteroatoms. The Morgan fingerprint density at radius 3 is 2.71 bits per heavy atom. The lowest BCUT2D eigenvalue weighted by Gasteiger charge is -2.26. The summed E-state index contributed by atoms with van der Waals surface area (Å²) < 4.78 is 16.9. The lowest BCUT2D eigenvalue weighted by Crippen LogP contribution is -2.34. The van der Waals surface area contributed by atoms with E-state index in [1.165, 1.54) is 0 Å². The Bertz CT molecular complexity index is 888. The van der Waals surface area contributed by atoms with E-state index in [9.17, 15) is 4.79 Å². The van der Waals surface area contributed by atoms with Gasteiger partial charge in [0.15, 0.2) is 18.1 Å². The number of rotatable bonds is 5. The topological polar surface area (TPSA) is 71.8 Å². The highest BCUT2D eigenvalue weighted by atomic mass is 16.6. The molecule has 0 aliphatic carbocycles. The minimum atomic E-state index is -0.0292. The van der Waals surface area contributed by atoms with Crippen LogP contribution in [0.5, 0.6) is 17.2 Å². The zero-order valence-electron chi connectivity index (χ0n) is 15.6. The lowest BCUT2D eigenvalue weighted by molar-refractivity contribution is -0.134. The van der Waals surface area contributed by atoms with Gasteiger partial charge in [0.2, 0.25) is 0 Å². The summed E-state index contributed by atoms with van der Waals surface area (Å²) in [5.74, 6) is 2.11. The van der Waals surface area contributed by atoms with Gasteiger partial charge in [0, 0.05) is 6.54 Å². The molecule has 2 aliphatic rings. The fourth-order valence-electron chi connectivity index (χ4n) is 3.70. The van der Waals surface area contributed by atoms with Crippen LogP contribution < -0.4 is 14.2 Å². The maximum atomic E-state index is 12.8. The van der Waals surface area contributed by atoms with Crippen LogP contribution in [0.15, 0.2) is 42.5 Å². The van der Waals surface area contributed by atoms with Crippen LogP contribution in [0.1, 0.15) is 30.0 Å². The number of hydrogen-bond donors (Lipinski definition) is 0. The average molecular weight is 378 g/mol. The summed E-state index contributed by atoms with van der Waals surface area (Å²) in [4.78, 5) is 14.6. The highest BCUT2D eigenvalue weighted by Crippen LogP contribution is 2.38. The zero-order chi connectivity index (χ0) is 19.3. The van der Waals surface area contributed by atoms with Crippen LogP contribution in [-0.4, -0.2) is 37.2 Å². The predicted molar refractivity (Wildman–Crippen MR) is 102 cm³/mol. The maximum absolute atomic E-state index is 12.8. The minimum Gasteiger partial charge on any atom is -0.486 e. The van der Waals surface area contributed by atoms with E-state index in [1.54, 1.807) is 12.1 Å². The Balaban J connectivity index is 1.40. The van der Waals surface area contributed by atoms with E-state index in [2.05, 4.69) is 6.07 Å². The van der Waals surface area contributed by atoms with Crippen LogP contribution in [0.2, 0.25) is 0 Å². The smallest absolute Gasteiger partial charge is 0.261 e. The predicted octanol–water partition coefficient (Wildman–Crippen LogP) is 3.27. The van der Waals surface area contributed by atoms with E-state index in [-0.39, 0.29) is 18.6 Å². The number of nitrogens with zero attached hydrogens (tertiary/aromatic N) is 2. The first-order valence-corrected chi connectivity index (χ1v) is 9.52. The number of fused-ring (bicyclic) bond motifs is 1. The van der Waals surface area contributed by atoms with E-state index in [1.807, 2.05) is 35.2 Å². The van der Waals surface area contributed by atoms with Gasteiger partial charge in [-0.3, -0.25) is 4.79 Å². The molecule has 6 nitrogen and oxygen atoms in total. The second kappa shape index (κ2) is 8.22. The van der Waals surface area contributed by atoms with Crippen molar-refractivity contribution in [3.05, 3.63) is 53.6 Å². The van der Waals surface area contributed by atoms with Crippen molar-refractivity contribution in [2.45, 2.75) is 25.3 Å². The van der Waals surface area contributed by atoms with Gasteiger partial charge in [-0.1, -0.05) is 18.2 Å². The third-order valence-electron chi connectivity index (χ3n) is 5.09. The summed E-state index contributed by atoms with van der Waals surface area (Å²) in [6.07, 6.45) is 2.26. The molecule has 0 radical (unpaired) electrons. The molecule has 2 heterocycles. The van der Waals surface area contributed by atoms with E-state index in [4.69, 9.17) is 19.5 Å². The molecule has 2 aromatic carbocycles. The molecule has 1 unspecified atom stereocenters. The number of amides is 1. The summed E-state index contributed by atoms with van der Waals surface area (Å²) in [7, 11) is 0. The molecule has 0 saturated carbocycles. The minimum absolute atomic E-state index is 0.00134. The second-order valence-corrected chi connectivity index (χ2v) is 6.92. The van der Waals surface area contributed by atoms with E-state index < -0.39 is 0 Å². The second-order valence-electron chi connectivity index (χ2n) is 6.92. The standard InChI is InChI=1S/C22H22N2O4/c23-10-9-16-3-6-18(7-4-16)28-15-22(25)24-11-1-2-19(24)17-5-8-20-21(14-17)27-13-12-26-20/h3-8,14,19H,1-2,9,11-13,15H2. The molecular weight excluding hydrogens is 356 g/mol. The zero-order valence-corrected chi connectivity index (χ0v) is 15.6. The van der Waals surface area contributed by atoms with Gasteiger partial charge in [-0.05, 0) is 48.2 Å². The molecule has 28 heavy (non-hydrogen) atoms. The fraction of sp³-hybridized carbons (Fsp3) is 0.364. The molecule has 1 saturated heterocycles. The summed E-state index contributed by atoms with van der Waals surface area (Å²) >= 11 is 0. The number of nitriles is 1. The molecule has 0 spiro atoms. The third-order valence-corrected chi connectivity index (χ3v) is 5.09. The normalized spacial score (nSPS) is 17.8. The SMILES string of the molecule is N#CCc1ccc(OCC(=O)N2CCCC2c2ccc3c(c2)OCCO3)cc1. The van der Waals surface area contributed by atoms with Crippen molar-refractivity contribution in [3.63, 3.8) is 0 Å². The average Bonchev–Trinajstić information content (AvgIpc) is 3.23. The highest BCUT2D eigenvalue weighted by molar-refractivity contribution is 5.78. The van der Waals surface area contributed by atoms with Gasteiger partial charge in [-0.25, -0.2) is 0 Å². The Kier molecular flexibility index (Phi) is 5.34. The third kappa shape index (κ3) is 3.89. The van der Waals surface area contributed by atoms with Crippen LogP contribution >= 0.6 is 0 Å². The van der Waals surface area contributed by atoms with Crippen LogP contribution in [-0.2, 0) is 11.2 Å². The van der Waals surface area contributed by atoms with Crippen LogP contribution in [0, 0.1) is 11.3 Å². The van der Waals surface area contributed by atoms with E-state index in [0.717, 1.165) is 42.0 Å². The van der Waals surface area contributed by atoms with Crippen LogP contribution in [0.25, 0.3) is 0 Å². The molecule has 2 aliphatic heterocycles. The summed E-state index contributed by atoms with van der Waals surface area (Å²) in [5.41, 5.74) is 2.00. The lowest BCUT2D eigenvalue weighted by atomic mass is 10.0. The number of carbonyl (C=O) groups is 1. The quantitative estimate of drug-likeness (QED) is 0.799. The molecule has 1 amide bonds. The molecule has 2 aromatic rings. The fourth-order valence-corrected chi connectivity index (χ4v) is 3.70. The Hall–Kier alpha value is -3.20. The maximum Gasteiger partial charge on any atom is 0.261 e. The molecule has 4 rings (SSSR count). The van der Waals surface area contributed by atoms with Gasteiger partial charge in [0.25, 0.3) is 5.91 Å². The molecule has 1 atom stereocenters. The van der Waals surface area contributed by atoms with Gasteiger partial charge in [-0.2, -0.15) is 5.26 Å². The van der Waals surface area contributed by atoms with Gasteiger partial charge < -0.3 is 19.1 Å². The Morgan fingerprint density at radius 2 is 1.93 bits per heavy atom. The van der Waals surface area contributed by atoms with Gasteiger partial charge in [0.05, 0.1) is 18.5 Å². The first kappa shape index (κ1) is 18.2. The monoisotopic (exact) mass is 378 g/mol. The van der Waals surface area contributed by atoms with Crippen molar-refractivity contribution < 1.29 is 19.0 Å². The Labute approximate surface area is 164 Å².